The minimum atomic E-state index is -4.62. The monoisotopic (exact) mass is 494 g/mol. The zero-order valence-corrected chi connectivity index (χ0v) is 18.8. The molecule has 0 fully saturated rings. The molecule has 0 spiro atoms. The topological polar surface area (TPSA) is 105 Å². The minimum Gasteiger partial charge on any atom is -0.392 e. The molecule has 0 saturated carbocycles. The van der Waals surface area contributed by atoms with Crippen LogP contribution in [0.15, 0.2) is 59.4 Å². The van der Waals surface area contributed by atoms with Crippen molar-refractivity contribution in [2.75, 3.05) is 0 Å². The molecule has 2 N–H and O–H groups in total. The maximum atomic E-state index is 13.2. The molecule has 7 nitrogen and oxygen atoms in total. The van der Waals surface area contributed by atoms with Gasteiger partial charge in [-0.25, -0.2) is 8.42 Å². The number of halogens is 3. The molecule has 0 aliphatic heterocycles. The highest BCUT2D eigenvalue weighted by Gasteiger charge is 2.31. The van der Waals surface area contributed by atoms with Gasteiger partial charge < -0.3 is 10.4 Å². The van der Waals surface area contributed by atoms with Gasteiger partial charge in [-0.05, 0) is 47.9 Å². The Morgan fingerprint density at radius 2 is 1.71 bits per heavy atom. The number of alkyl halides is 3. The third-order valence-corrected chi connectivity index (χ3v) is 5.81. The number of carbonyl (C=O) groups is 1. The number of thiol groups is 1. The first kappa shape index (κ1) is 25.2. The highest BCUT2D eigenvalue weighted by molar-refractivity contribution is 7.71. The van der Waals surface area contributed by atoms with Crippen molar-refractivity contribution in [2.45, 2.75) is 32.0 Å². The first-order valence-corrected chi connectivity index (χ1v) is 11.4. The van der Waals surface area contributed by atoms with Gasteiger partial charge in [0, 0.05) is 17.9 Å². The molecule has 11 heteroatoms. The van der Waals surface area contributed by atoms with Gasteiger partial charge in [-0.3, -0.25) is 14.2 Å². The predicted molar refractivity (Wildman–Crippen MR) is 119 cm³/mol. The maximum absolute atomic E-state index is 13.2. The predicted octanol–water partition coefficient (Wildman–Crippen LogP) is 2.70. The van der Waals surface area contributed by atoms with Crippen LogP contribution in [-0.4, -0.2) is 24.0 Å². The van der Waals surface area contributed by atoms with E-state index in [0.29, 0.717) is 11.1 Å². The summed E-state index contributed by atoms with van der Waals surface area (Å²) in [6.45, 7) is 0.953. The van der Waals surface area contributed by atoms with E-state index in [1.165, 1.54) is 19.1 Å². The Labute approximate surface area is 194 Å². The minimum absolute atomic E-state index is 0.0218. The van der Waals surface area contributed by atoms with Crippen molar-refractivity contribution in [1.29, 1.82) is 0 Å². The summed E-state index contributed by atoms with van der Waals surface area (Å²) in [5.41, 5.74) is -0.579. The number of nitrogens with one attached hydrogen (secondary N) is 1. The number of hydrogen-bond donors (Lipinski definition) is 3. The number of carbonyl (C=O) groups excluding carboxylic acids is 1. The molecule has 1 amide bonds. The number of benzene rings is 2. The van der Waals surface area contributed by atoms with Crippen molar-refractivity contribution in [2.24, 2.45) is 0 Å². The molecule has 3 rings (SSSR count). The standard InChI is InChI=1S/C23H21F3N2O5S/c1-14-17(12-29)9-20(21(30)27-11-15-5-7-16(8-6-15)13-34(32)33)22(31)28(14)19-4-2-3-18(10-19)23(24,25)26/h2-10,29,34H,11-13H2,1H3,(H,27,30). The van der Waals surface area contributed by atoms with E-state index in [9.17, 15) is 36.3 Å². The highest BCUT2D eigenvalue weighted by atomic mass is 32.2. The van der Waals surface area contributed by atoms with Crippen molar-refractivity contribution < 1.29 is 31.5 Å². The lowest BCUT2D eigenvalue weighted by Gasteiger charge is -2.17. The molecule has 3 aromatic rings. The Hall–Kier alpha value is -3.44. The Bertz CT molecular complexity index is 1340. The fraction of sp³-hybridized carbons (Fsp3) is 0.217. The molecular formula is C23H21F3N2O5S. The van der Waals surface area contributed by atoms with Crippen molar-refractivity contribution in [3.63, 3.8) is 0 Å². The zero-order chi connectivity index (χ0) is 25.0. The van der Waals surface area contributed by atoms with E-state index in [2.05, 4.69) is 5.32 Å². The van der Waals surface area contributed by atoms with Crippen LogP contribution in [0.5, 0.6) is 0 Å². The Morgan fingerprint density at radius 3 is 2.29 bits per heavy atom. The second kappa shape index (κ2) is 10.2. The lowest BCUT2D eigenvalue weighted by Crippen LogP contribution is -2.34. The molecule has 0 atom stereocenters. The van der Waals surface area contributed by atoms with E-state index in [-0.39, 0.29) is 34.8 Å². The summed E-state index contributed by atoms with van der Waals surface area (Å²) in [7, 11) is -2.57. The molecule has 2 aromatic carbocycles. The molecule has 0 bridgehead atoms. The summed E-state index contributed by atoms with van der Waals surface area (Å²) >= 11 is 0. The van der Waals surface area contributed by atoms with E-state index in [4.69, 9.17) is 0 Å². The van der Waals surface area contributed by atoms with Crippen molar-refractivity contribution in [3.05, 3.63) is 98.5 Å². The number of aliphatic hydroxyl groups excluding tert-OH is 1. The summed E-state index contributed by atoms with van der Waals surface area (Å²) in [4.78, 5) is 25.9. The molecule has 180 valence electrons. The number of rotatable bonds is 7. The fourth-order valence-corrected chi connectivity index (χ4v) is 3.91. The molecule has 0 unspecified atom stereocenters. The van der Waals surface area contributed by atoms with Gasteiger partial charge in [0.1, 0.15) is 16.3 Å². The smallest absolute Gasteiger partial charge is 0.392 e. The number of aliphatic hydroxyl groups is 1. The number of hydrogen-bond acceptors (Lipinski definition) is 5. The van der Waals surface area contributed by atoms with Crippen LogP contribution in [0, 0.1) is 6.92 Å². The van der Waals surface area contributed by atoms with Gasteiger partial charge in [-0.2, -0.15) is 13.2 Å². The summed E-state index contributed by atoms with van der Waals surface area (Å²) in [5, 5.41) is 12.3. The molecule has 1 heterocycles. The Morgan fingerprint density at radius 1 is 1.06 bits per heavy atom. The van der Waals surface area contributed by atoms with Gasteiger partial charge in [0.25, 0.3) is 11.5 Å². The van der Waals surface area contributed by atoms with Crippen molar-refractivity contribution in [1.82, 2.24) is 9.88 Å². The number of aromatic nitrogens is 1. The number of pyridine rings is 1. The number of amides is 1. The zero-order valence-electron chi connectivity index (χ0n) is 17.9. The van der Waals surface area contributed by atoms with Gasteiger partial charge in [0.2, 0.25) is 0 Å². The second-order valence-corrected chi connectivity index (χ2v) is 8.49. The van der Waals surface area contributed by atoms with Crippen LogP contribution >= 0.6 is 0 Å². The van der Waals surface area contributed by atoms with Crippen LogP contribution in [0.25, 0.3) is 5.69 Å². The SMILES string of the molecule is Cc1c(CO)cc(C(=O)NCc2ccc(C[SH](=O)=O)cc2)c(=O)n1-c1cccc(C(F)(F)F)c1. The first-order chi connectivity index (χ1) is 16.0. The Kier molecular flexibility index (Phi) is 7.57. The van der Waals surface area contributed by atoms with Crippen molar-refractivity contribution >= 4 is 16.6 Å². The lowest BCUT2D eigenvalue weighted by molar-refractivity contribution is -0.137. The summed E-state index contributed by atoms with van der Waals surface area (Å²) in [5.74, 6) is -0.878. The molecule has 34 heavy (non-hydrogen) atoms. The van der Waals surface area contributed by atoms with Crippen LogP contribution in [-0.2, 0) is 35.8 Å². The number of nitrogens with zero attached hydrogens (tertiary/aromatic N) is 1. The summed E-state index contributed by atoms with van der Waals surface area (Å²) in [6.07, 6.45) is -4.62. The molecular weight excluding hydrogens is 473 g/mol. The third kappa shape index (κ3) is 5.72. The van der Waals surface area contributed by atoms with E-state index in [1.807, 2.05) is 0 Å². The second-order valence-electron chi connectivity index (χ2n) is 7.51. The van der Waals surface area contributed by atoms with Gasteiger partial charge in [0.05, 0.1) is 17.9 Å². The van der Waals surface area contributed by atoms with Crippen LogP contribution < -0.4 is 10.9 Å². The average Bonchev–Trinajstić information content (AvgIpc) is 2.78. The quantitative estimate of drug-likeness (QED) is 0.438. The normalized spacial score (nSPS) is 11.6. The van der Waals surface area contributed by atoms with E-state index >= 15 is 0 Å². The van der Waals surface area contributed by atoms with E-state index < -0.39 is 40.5 Å². The van der Waals surface area contributed by atoms with Gasteiger partial charge >= 0.3 is 6.18 Å². The molecule has 0 radical (unpaired) electrons. The molecule has 1 aromatic heterocycles. The lowest BCUT2D eigenvalue weighted by atomic mass is 10.1. The van der Waals surface area contributed by atoms with Crippen LogP contribution in [0.3, 0.4) is 0 Å². The van der Waals surface area contributed by atoms with Crippen molar-refractivity contribution in [3.8, 4) is 5.69 Å². The largest absolute Gasteiger partial charge is 0.416 e. The molecule has 0 saturated heterocycles. The third-order valence-electron chi connectivity index (χ3n) is 5.19. The van der Waals surface area contributed by atoms with Crippen LogP contribution in [0.1, 0.15) is 38.3 Å². The summed E-state index contributed by atoms with van der Waals surface area (Å²) in [6, 6.07) is 11.8. The van der Waals surface area contributed by atoms with Gasteiger partial charge in [0.15, 0.2) is 0 Å². The molecule has 0 aliphatic rings. The van der Waals surface area contributed by atoms with Crippen LogP contribution in [0.4, 0.5) is 13.2 Å². The van der Waals surface area contributed by atoms with E-state index in [1.54, 1.807) is 24.3 Å². The maximum Gasteiger partial charge on any atom is 0.416 e. The Balaban J connectivity index is 1.93. The molecule has 0 aliphatic carbocycles. The van der Waals surface area contributed by atoms with Gasteiger partial charge in [-0.15, -0.1) is 0 Å². The van der Waals surface area contributed by atoms with Crippen LogP contribution in [0.2, 0.25) is 0 Å². The highest BCUT2D eigenvalue weighted by Crippen LogP contribution is 2.30. The van der Waals surface area contributed by atoms with Gasteiger partial charge in [-0.1, -0.05) is 30.3 Å². The van der Waals surface area contributed by atoms with E-state index in [0.717, 1.165) is 22.8 Å². The average molecular weight is 494 g/mol. The fourth-order valence-electron chi connectivity index (χ4n) is 3.40. The first-order valence-electron chi connectivity index (χ1n) is 10.0. The summed E-state index contributed by atoms with van der Waals surface area (Å²) < 4.78 is 62.1.